The molecule has 0 aromatic heterocycles. The fraction of sp³-hybridized carbons (Fsp3) is 0.273. The van der Waals surface area contributed by atoms with Crippen LogP contribution in [0.2, 0.25) is 0 Å². The van der Waals surface area contributed by atoms with Gasteiger partial charge in [-0.05, 0) is 50.2 Å². The van der Waals surface area contributed by atoms with E-state index in [4.69, 9.17) is 9.47 Å². The van der Waals surface area contributed by atoms with Crippen molar-refractivity contribution in [3.63, 3.8) is 0 Å². The molecule has 0 fully saturated rings. The number of nitrogens with one attached hydrogen (secondary N) is 2. The minimum atomic E-state index is -0.622. The van der Waals surface area contributed by atoms with Crippen LogP contribution in [0.25, 0.3) is 0 Å². The summed E-state index contributed by atoms with van der Waals surface area (Å²) in [7, 11) is 0. The molecular weight excluding hydrogens is 388 g/mol. The van der Waals surface area contributed by atoms with Gasteiger partial charge in [-0.2, -0.15) is 0 Å². The summed E-state index contributed by atoms with van der Waals surface area (Å²) in [5, 5.41) is 5.35. The van der Waals surface area contributed by atoms with Gasteiger partial charge in [-0.25, -0.2) is 9.59 Å². The highest BCUT2D eigenvalue weighted by molar-refractivity contribution is 6.07. The monoisotopic (exact) mass is 412 g/mol. The second-order valence-corrected chi connectivity index (χ2v) is 6.18. The number of anilines is 2. The second-order valence-electron chi connectivity index (χ2n) is 6.18. The molecule has 0 spiro atoms. The van der Waals surface area contributed by atoms with Crippen LogP contribution >= 0.6 is 0 Å². The summed E-state index contributed by atoms with van der Waals surface area (Å²) >= 11 is 0. The molecule has 0 saturated heterocycles. The summed E-state index contributed by atoms with van der Waals surface area (Å²) in [6, 6.07) is 10.6. The predicted octanol–water partition coefficient (Wildman–Crippen LogP) is 3.64. The van der Waals surface area contributed by atoms with E-state index in [1.54, 1.807) is 39.0 Å². The van der Waals surface area contributed by atoms with Gasteiger partial charge in [0.25, 0.3) is 5.91 Å². The minimum absolute atomic E-state index is 0.113. The molecule has 0 radical (unpaired) electrons. The lowest BCUT2D eigenvalue weighted by Crippen LogP contribution is -2.16. The number of carbonyl (C=O) groups is 4. The van der Waals surface area contributed by atoms with Crippen molar-refractivity contribution in [2.75, 3.05) is 23.8 Å². The van der Waals surface area contributed by atoms with Gasteiger partial charge in [-0.15, -0.1) is 0 Å². The molecule has 0 aliphatic carbocycles. The molecule has 0 heterocycles. The van der Waals surface area contributed by atoms with Crippen molar-refractivity contribution >= 4 is 35.1 Å². The van der Waals surface area contributed by atoms with Crippen LogP contribution in [0.5, 0.6) is 0 Å². The first-order valence-corrected chi connectivity index (χ1v) is 9.58. The molecule has 2 rings (SSSR count). The SMILES string of the molecule is CCOC(=O)c1cc(NC(=O)c2cccc(NC(=O)CC)c2)cc(C(=O)OCC)c1. The standard InChI is InChI=1S/C22H24N2O6/c1-4-19(25)23-17-9-7-8-14(11-17)20(26)24-18-12-15(21(27)29-5-2)10-16(13-18)22(28)30-6-3/h7-13H,4-6H2,1-3H3,(H,23,25)(H,24,26). The molecule has 0 bridgehead atoms. The van der Waals surface area contributed by atoms with Crippen LogP contribution in [-0.4, -0.2) is 37.0 Å². The van der Waals surface area contributed by atoms with Crippen LogP contribution < -0.4 is 10.6 Å². The largest absolute Gasteiger partial charge is 0.462 e. The van der Waals surface area contributed by atoms with E-state index in [0.29, 0.717) is 17.7 Å². The maximum atomic E-state index is 12.7. The van der Waals surface area contributed by atoms with Gasteiger partial charge in [0.1, 0.15) is 0 Å². The molecule has 8 nitrogen and oxygen atoms in total. The molecule has 8 heteroatoms. The van der Waals surface area contributed by atoms with Crippen LogP contribution in [0.3, 0.4) is 0 Å². The van der Waals surface area contributed by atoms with Crippen LogP contribution in [0.4, 0.5) is 11.4 Å². The molecule has 0 aliphatic rings. The van der Waals surface area contributed by atoms with Gasteiger partial charge in [-0.1, -0.05) is 13.0 Å². The van der Waals surface area contributed by atoms with E-state index in [0.717, 1.165) is 0 Å². The van der Waals surface area contributed by atoms with Crippen LogP contribution in [0.1, 0.15) is 58.3 Å². The van der Waals surface area contributed by atoms with Gasteiger partial charge >= 0.3 is 11.9 Å². The Bertz CT molecular complexity index is 918. The normalized spacial score (nSPS) is 10.1. The first-order chi connectivity index (χ1) is 14.4. The number of rotatable bonds is 8. The molecule has 158 valence electrons. The summed E-state index contributed by atoms with van der Waals surface area (Å²) in [6.45, 7) is 5.39. The zero-order valence-electron chi connectivity index (χ0n) is 17.1. The van der Waals surface area contributed by atoms with Crippen molar-refractivity contribution in [3.8, 4) is 0 Å². The van der Waals surface area contributed by atoms with Gasteiger partial charge < -0.3 is 20.1 Å². The summed E-state index contributed by atoms with van der Waals surface area (Å²) in [5.74, 6) is -1.89. The lowest BCUT2D eigenvalue weighted by atomic mass is 10.1. The average molecular weight is 412 g/mol. The maximum Gasteiger partial charge on any atom is 0.338 e. The Morgan fingerprint density at radius 2 is 1.30 bits per heavy atom. The summed E-state index contributed by atoms with van der Waals surface area (Å²) < 4.78 is 9.97. The molecule has 2 aromatic rings. The van der Waals surface area contributed by atoms with Gasteiger partial charge in [0.15, 0.2) is 0 Å². The van der Waals surface area contributed by atoms with E-state index < -0.39 is 17.8 Å². The van der Waals surface area contributed by atoms with E-state index >= 15 is 0 Å². The first-order valence-electron chi connectivity index (χ1n) is 9.58. The van der Waals surface area contributed by atoms with Gasteiger partial charge in [0.05, 0.1) is 24.3 Å². The quantitative estimate of drug-likeness (QED) is 0.641. The molecular formula is C22H24N2O6. The Labute approximate surface area is 174 Å². The molecule has 2 amide bonds. The predicted molar refractivity (Wildman–Crippen MR) is 112 cm³/mol. The second kappa shape index (κ2) is 10.8. The molecule has 0 saturated carbocycles. The summed E-state index contributed by atoms with van der Waals surface area (Å²) in [6.07, 6.45) is 0.313. The highest BCUT2D eigenvalue weighted by atomic mass is 16.5. The van der Waals surface area contributed by atoms with E-state index in [2.05, 4.69) is 10.6 Å². The van der Waals surface area contributed by atoms with Crippen LogP contribution in [0, 0.1) is 0 Å². The Balaban J connectivity index is 2.30. The number of hydrogen-bond acceptors (Lipinski definition) is 6. The zero-order chi connectivity index (χ0) is 22.1. The third kappa shape index (κ3) is 6.16. The Morgan fingerprint density at radius 3 is 1.83 bits per heavy atom. The smallest absolute Gasteiger partial charge is 0.338 e. The maximum absolute atomic E-state index is 12.7. The van der Waals surface area contributed by atoms with Crippen LogP contribution in [-0.2, 0) is 14.3 Å². The summed E-state index contributed by atoms with van der Waals surface area (Å²) in [4.78, 5) is 48.5. The number of esters is 2. The van der Waals surface area contributed by atoms with Crippen LogP contribution in [0.15, 0.2) is 42.5 Å². The lowest BCUT2D eigenvalue weighted by molar-refractivity contribution is -0.115. The molecule has 2 N–H and O–H groups in total. The van der Waals surface area contributed by atoms with Crippen molar-refractivity contribution in [3.05, 3.63) is 59.2 Å². The molecule has 0 unspecified atom stereocenters. The zero-order valence-corrected chi connectivity index (χ0v) is 17.1. The fourth-order valence-electron chi connectivity index (χ4n) is 2.56. The highest BCUT2D eigenvalue weighted by Gasteiger charge is 2.16. The minimum Gasteiger partial charge on any atom is -0.462 e. The third-order valence-corrected chi connectivity index (χ3v) is 3.94. The first kappa shape index (κ1) is 22.6. The molecule has 30 heavy (non-hydrogen) atoms. The van der Waals surface area contributed by atoms with Crippen molar-refractivity contribution in [1.29, 1.82) is 0 Å². The van der Waals surface area contributed by atoms with Crippen molar-refractivity contribution in [1.82, 2.24) is 0 Å². The van der Waals surface area contributed by atoms with E-state index in [1.165, 1.54) is 24.3 Å². The number of amides is 2. The van der Waals surface area contributed by atoms with E-state index in [1.807, 2.05) is 0 Å². The summed E-state index contributed by atoms with van der Waals surface area (Å²) in [5.41, 5.74) is 1.24. The van der Waals surface area contributed by atoms with Gasteiger partial charge in [-0.3, -0.25) is 9.59 Å². The topological polar surface area (TPSA) is 111 Å². The number of hydrogen-bond donors (Lipinski definition) is 2. The molecule has 0 atom stereocenters. The lowest BCUT2D eigenvalue weighted by Gasteiger charge is -2.11. The Morgan fingerprint density at radius 1 is 0.733 bits per heavy atom. The number of ether oxygens (including phenoxy) is 2. The Kier molecular flexibility index (Phi) is 8.10. The molecule has 0 aliphatic heterocycles. The number of carbonyl (C=O) groups excluding carboxylic acids is 4. The van der Waals surface area contributed by atoms with Crippen molar-refractivity contribution in [2.24, 2.45) is 0 Å². The van der Waals surface area contributed by atoms with Crippen molar-refractivity contribution < 1.29 is 28.7 Å². The highest BCUT2D eigenvalue weighted by Crippen LogP contribution is 2.19. The van der Waals surface area contributed by atoms with Crippen molar-refractivity contribution in [2.45, 2.75) is 27.2 Å². The Hall–Kier alpha value is -3.68. The van der Waals surface area contributed by atoms with E-state index in [-0.39, 0.29) is 35.9 Å². The third-order valence-electron chi connectivity index (χ3n) is 3.94. The van der Waals surface area contributed by atoms with E-state index in [9.17, 15) is 19.2 Å². The fourth-order valence-corrected chi connectivity index (χ4v) is 2.56. The van der Waals surface area contributed by atoms with Gasteiger partial charge in [0, 0.05) is 23.4 Å². The average Bonchev–Trinajstić information content (AvgIpc) is 2.74. The van der Waals surface area contributed by atoms with Gasteiger partial charge in [0.2, 0.25) is 5.91 Å². The molecule has 2 aromatic carbocycles. The number of benzene rings is 2.